The molecule has 25 heavy (non-hydrogen) atoms. The first-order valence-corrected chi connectivity index (χ1v) is 8.38. The van der Waals surface area contributed by atoms with Gasteiger partial charge in [0.05, 0.1) is 17.3 Å². The van der Waals surface area contributed by atoms with E-state index in [0.717, 1.165) is 5.56 Å². The number of H-pyrrole nitrogens is 1. The first-order valence-electron chi connectivity index (χ1n) is 8.38. The lowest BCUT2D eigenvalue weighted by molar-refractivity contribution is -0.137. The molecule has 0 radical (unpaired) electrons. The molecule has 1 fully saturated rings. The van der Waals surface area contributed by atoms with Crippen LogP contribution >= 0.6 is 0 Å². The van der Waals surface area contributed by atoms with Crippen LogP contribution < -0.4 is 5.32 Å². The van der Waals surface area contributed by atoms with E-state index in [1.54, 1.807) is 17.3 Å². The van der Waals surface area contributed by atoms with Gasteiger partial charge in [0.25, 0.3) is 0 Å². The van der Waals surface area contributed by atoms with E-state index in [9.17, 15) is 9.59 Å². The van der Waals surface area contributed by atoms with Gasteiger partial charge in [-0.25, -0.2) is 4.79 Å². The van der Waals surface area contributed by atoms with Crippen LogP contribution in [0.25, 0.3) is 0 Å². The number of nitrogens with one attached hydrogen (secondary N) is 2. The zero-order chi connectivity index (χ0) is 17.9. The Morgan fingerprint density at radius 2 is 1.72 bits per heavy atom. The van der Waals surface area contributed by atoms with E-state index >= 15 is 0 Å². The first kappa shape index (κ1) is 17.0. The zero-order valence-electron chi connectivity index (χ0n) is 14.5. The second-order valence-electron chi connectivity index (χ2n) is 6.69. The van der Waals surface area contributed by atoms with Crippen LogP contribution in [0, 0.1) is 0 Å². The number of urea groups is 1. The van der Waals surface area contributed by atoms with Crippen LogP contribution in [0.15, 0.2) is 42.7 Å². The van der Waals surface area contributed by atoms with Crippen molar-refractivity contribution in [3.63, 3.8) is 0 Å². The minimum absolute atomic E-state index is 0.0913. The average Bonchev–Trinajstić information content (AvgIpc) is 3.15. The topological polar surface area (TPSA) is 81.3 Å². The van der Waals surface area contributed by atoms with Crippen LogP contribution in [0.1, 0.15) is 19.4 Å². The molecule has 0 bridgehead atoms. The molecule has 1 aromatic heterocycles. The predicted molar refractivity (Wildman–Crippen MR) is 95.2 cm³/mol. The molecule has 7 nitrogen and oxygen atoms in total. The molecule has 3 rings (SSSR count). The Morgan fingerprint density at radius 3 is 2.32 bits per heavy atom. The summed E-state index contributed by atoms with van der Waals surface area (Å²) in [7, 11) is 0. The molecule has 0 atom stereocenters. The lowest BCUT2D eigenvalue weighted by atomic mass is 9.83. The smallest absolute Gasteiger partial charge is 0.322 e. The summed E-state index contributed by atoms with van der Waals surface area (Å²) in [5.74, 6) is 0.0913. The summed E-state index contributed by atoms with van der Waals surface area (Å²) in [6.07, 6.45) is 3.18. The number of hydrogen-bond donors (Lipinski definition) is 2. The monoisotopic (exact) mass is 341 g/mol. The third kappa shape index (κ3) is 3.65. The lowest BCUT2D eigenvalue weighted by Crippen LogP contribution is -2.55. The molecule has 0 aliphatic carbocycles. The van der Waals surface area contributed by atoms with E-state index in [1.807, 2.05) is 49.1 Å². The molecule has 1 aromatic carbocycles. The zero-order valence-corrected chi connectivity index (χ0v) is 14.5. The summed E-state index contributed by atoms with van der Waals surface area (Å²) in [5.41, 5.74) is 1.05. The Bertz CT molecular complexity index is 719. The summed E-state index contributed by atoms with van der Waals surface area (Å²) in [5, 5.41) is 9.24. The van der Waals surface area contributed by atoms with E-state index in [1.165, 1.54) is 0 Å². The standard InChI is InChI=1S/C18H23N5O2/c1-18(2,14-6-4-3-5-7-14)16(24)22-8-10-23(11-9-22)17(25)21-15-12-19-20-13-15/h3-7,12-13H,8-11H2,1-2H3,(H,19,20)(H,21,25). The van der Waals surface area contributed by atoms with Crippen LogP contribution in [0.3, 0.4) is 0 Å². The van der Waals surface area contributed by atoms with E-state index in [0.29, 0.717) is 31.9 Å². The summed E-state index contributed by atoms with van der Waals surface area (Å²) in [4.78, 5) is 28.7. The fraction of sp³-hybridized carbons (Fsp3) is 0.389. The van der Waals surface area contributed by atoms with Crippen molar-refractivity contribution < 1.29 is 9.59 Å². The quantitative estimate of drug-likeness (QED) is 0.897. The summed E-state index contributed by atoms with van der Waals surface area (Å²) >= 11 is 0. The maximum atomic E-state index is 12.9. The minimum atomic E-state index is -0.581. The van der Waals surface area contributed by atoms with E-state index < -0.39 is 5.41 Å². The fourth-order valence-electron chi connectivity index (χ4n) is 3.01. The van der Waals surface area contributed by atoms with Gasteiger partial charge in [0.1, 0.15) is 0 Å². The van der Waals surface area contributed by atoms with Gasteiger partial charge >= 0.3 is 6.03 Å². The Labute approximate surface area is 147 Å². The van der Waals surface area contributed by atoms with Gasteiger partial charge < -0.3 is 15.1 Å². The third-order valence-corrected chi connectivity index (χ3v) is 4.63. The van der Waals surface area contributed by atoms with Crippen molar-refractivity contribution >= 4 is 17.6 Å². The molecular weight excluding hydrogens is 318 g/mol. The van der Waals surface area contributed by atoms with Crippen molar-refractivity contribution in [3.8, 4) is 0 Å². The highest BCUT2D eigenvalue weighted by molar-refractivity contribution is 5.90. The van der Waals surface area contributed by atoms with Crippen LogP contribution in [-0.4, -0.2) is 58.1 Å². The lowest BCUT2D eigenvalue weighted by Gasteiger charge is -2.38. The number of aromatic nitrogens is 2. The minimum Gasteiger partial charge on any atom is -0.338 e. The summed E-state index contributed by atoms with van der Waals surface area (Å²) in [6.45, 7) is 5.99. The Kier molecular flexibility index (Phi) is 4.74. The molecule has 2 N–H and O–H groups in total. The van der Waals surface area contributed by atoms with Crippen molar-refractivity contribution in [2.45, 2.75) is 19.3 Å². The number of aromatic amines is 1. The van der Waals surface area contributed by atoms with Crippen molar-refractivity contribution in [2.24, 2.45) is 0 Å². The van der Waals surface area contributed by atoms with Gasteiger partial charge in [-0.3, -0.25) is 9.89 Å². The molecule has 1 saturated heterocycles. The molecule has 2 heterocycles. The van der Waals surface area contributed by atoms with E-state index in [2.05, 4.69) is 15.5 Å². The molecule has 132 valence electrons. The number of hydrogen-bond acceptors (Lipinski definition) is 3. The Morgan fingerprint density at radius 1 is 1.08 bits per heavy atom. The number of rotatable bonds is 3. The second kappa shape index (κ2) is 6.96. The highest BCUT2D eigenvalue weighted by atomic mass is 16.2. The van der Waals surface area contributed by atoms with Crippen molar-refractivity contribution in [1.82, 2.24) is 20.0 Å². The van der Waals surface area contributed by atoms with Gasteiger partial charge in [0, 0.05) is 32.4 Å². The molecule has 1 aliphatic heterocycles. The number of carbonyl (C=O) groups excluding carboxylic acids is 2. The molecule has 3 amide bonds. The van der Waals surface area contributed by atoms with Crippen LogP contribution in [-0.2, 0) is 10.2 Å². The molecule has 0 spiro atoms. The molecule has 2 aromatic rings. The summed E-state index contributed by atoms with van der Waals surface area (Å²) < 4.78 is 0. The number of anilines is 1. The maximum absolute atomic E-state index is 12.9. The number of benzene rings is 1. The SMILES string of the molecule is CC(C)(C(=O)N1CCN(C(=O)Nc2cn[nH]c2)CC1)c1ccccc1. The first-order chi connectivity index (χ1) is 12.0. The van der Waals surface area contributed by atoms with Crippen LogP contribution in [0.4, 0.5) is 10.5 Å². The Hall–Kier alpha value is -2.83. The molecule has 7 heteroatoms. The van der Waals surface area contributed by atoms with Gasteiger partial charge in [-0.05, 0) is 19.4 Å². The van der Waals surface area contributed by atoms with Gasteiger partial charge in [-0.1, -0.05) is 30.3 Å². The number of carbonyl (C=O) groups is 2. The van der Waals surface area contributed by atoms with Crippen LogP contribution in [0.5, 0.6) is 0 Å². The van der Waals surface area contributed by atoms with Crippen molar-refractivity contribution in [2.75, 3.05) is 31.5 Å². The van der Waals surface area contributed by atoms with Crippen molar-refractivity contribution in [1.29, 1.82) is 0 Å². The highest BCUT2D eigenvalue weighted by Gasteiger charge is 2.35. The normalized spacial score (nSPS) is 15.1. The average molecular weight is 341 g/mol. The summed E-state index contributed by atoms with van der Waals surface area (Å²) in [6, 6.07) is 9.63. The second-order valence-corrected chi connectivity index (χ2v) is 6.69. The molecular formula is C18H23N5O2. The van der Waals surface area contributed by atoms with Crippen molar-refractivity contribution in [3.05, 3.63) is 48.3 Å². The molecule has 0 unspecified atom stereocenters. The maximum Gasteiger partial charge on any atom is 0.322 e. The predicted octanol–water partition coefficient (Wildman–Crippen LogP) is 2.06. The van der Waals surface area contributed by atoms with Gasteiger partial charge in [-0.2, -0.15) is 5.10 Å². The fourth-order valence-corrected chi connectivity index (χ4v) is 3.01. The van der Waals surface area contributed by atoms with E-state index in [4.69, 9.17) is 0 Å². The van der Waals surface area contributed by atoms with Gasteiger partial charge in [-0.15, -0.1) is 0 Å². The van der Waals surface area contributed by atoms with Gasteiger partial charge in [0.2, 0.25) is 5.91 Å². The van der Waals surface area contributed by atoms with E-state index in [-0.39, 0.29) is 11.9 Å². The third-order valence-electron chi connectivity index (χ3n) is 4.63. The highest BCUT2D eigenvalue weighted by Crippen LogP contribution is 2.26. The molecule has 1 aliphatic rings. The largest absolute Gasteiger partial charge is 0.338 e. The number of amides is 3. The molecule has 0 saturated carbocycles. The number of nitrogens with zero attached hydrogens (tertiary/aromatic N) is 3. The van der Waals surface area contributed by atoms with Gasteiger partial charge in [0.15, 0.2) is 0 Å². The van der Waals surface area contributed by atoms with Crippen LogP contribution in [0.2, 0.25) is 0 Å². The Balaban J connectivity index is 1.58. The number of piperazine rings is 1.